The second kappa shape index (κ2) is 7.83. The standard InChI is InChI=1S/C19H19F2N3O3S2/c20-19(21)28-17-8-4-1-5-14(17)18(25)22-11-12-23-15-6-2-3-7-16(15)24(13-9-10-13)29(23,26)27/h1-8,13,19H,9-12H2,(H,22,25). The van der Waals surface area contributed by atoms with Crippen LogP contribution in [0.5, 0.6) is 0 Å². The Kier molecular flexibility index (Phi) is 5.39. The first-order valence-corrected chi connectivity index (χ1v) is 11.4. The van der Waals surface area contributed by atoms with E-state index in [4.69, 9.17) is 0 Å². The van der Waals surface area contributed by atoms with E-state index >= 15 is 0 Å². The molecule has 1 aliphatic carbocycles. The number of alkyl halides is 2. The van der Waals surface area contributed by atoms with Crippen LogP contribution in [0.3, 0.4) is 0 Å². The molecule has 0 bridgehead atoms. The number of carbonyl (C=O) groups is 1. The van der Waals surface area contributed by atoms with Crippen molar-refractivity contribution in [2.45, 2.75) is 29.5 Å². The number of para-hydroxylation sites is 2. The Morgan fingerprint density at radius 1 is 1.10 bits per heavy atom. The Hall–Kier alpha value is -2.33. The molecule has 0 unspecified atom stereocenters. The quantitative estimate of drug-likeness (QED) is 0.671. The summed E-state index contributed by atoms with van der Waals surface area (Å²) in [5, 5.41) is 2.65. The number of amides is 1. The highest BCUT2D eigenvalue weighted by Crippen LogP contribution is 2.46. The van der Waals surface area contributed by atoms with E-state index in [1.165, 1.54) is 20.7 Å². The average molecular weight is 440 g/mol. The second-order valence-electron chi connectivity index (χ2n) is 6.73. The molecule has 0 aromatic heterocycles. The third-order valence-electron chi connectivity index (χ3n) is 4.74. The average Bonchev–Trinajstić information content (AvgIpc) is 3.47. The maximum Gasteiger partial charge on any atom is 0.326 e. The van der Waals surface area contributed by atoms with Crippen molar-refractivity contribution in [3.63, 3.8) is 0 Å². The van der Waals surface area contributed by atoms with Crippen molar-refractivity contribution in [3.8, 4) is 0 Å². The summed E-state index contributed by atoms with van der Waals surface area (Å²) >= 11 is 0.306. The van der Waals surface area contributed by atoms with Gasteiger partial charge in [-0.2, -0.15) is 17.2 Å². The molecule has 4 rings (SSSR count). The molecule has 0 saturated heterocycles. The van der Waals surface area contributed by atoms with Gasteiger partial charge < -0.3 is 5.32 Å². The molecule has 1 fully saturated rings. The molecule has 1 aliphatic heterocycles. The second-order valence-corrected chi connectivity index (χ2v) is 9.49. The topological polar surface area (TPSA) is 69.7 Å². The fourth-order valence-corrected chi connectivity index (χ4v) is 5.93. The lowest BCUT2D eigenvalue weighted by Gasteiger charge is -2.21. The molecule has 0 atom stereocenters. The van der Waals surface area contributed by atoms with Gasteiger partial charge in [-0.05, 0) is 37.1 Å². The van der Waals surface area contributed by atoms with Crippen molar-refractivity contribution in [2.75, 3.05) is 21.7 Å². The summed E-state index contributed by atoms with van der Waals surface area (Å²) in [7, 11) is -3.70. The van der Waals surface area contributed by atoms with Gasteiger partial charge in [0.05, 0.1) is 23.5 Å². The molecule has 0 spiro atoms. The van der Waals surface area contributed by atoms with Gasteiger partial charge in [-0.3, -0.25) is 4.79 Å². The lowest BCUT2D eigenvalue weighted by atomic mass is 10.2. The highest BCUT2D eigenvalue weighted by molar-refractivity contribution is 7.99. The minimum absolute atomic E-state index is 0.0148. The third kappa shape index (κ3) is 3.91. The van der Waals surface area contributed by atoms with E-state index in [9.17, 15) is 22.0 Å². The molecule has 0 radical (unpaired) electrons. The van der Waals surface area contributed by atoms with Gasteiger partial charge in [0.1, 0.15) is 0 Å². The minimum Gasteiger partial charge on any atom is -0.350 e. The van der Waals surface area contributed by atoms with Gasteiger partial charge in [0.2, 0.25) is 0 Å². The van der Waals surface area contributed by atoms with Gasteiger partial charge in [-0.25, -0.2) is 8.61 Å². The van der Waals surface area contributed by atoms with E-state index in [1.807, 2.05) is 0 Å². The van der Waals surface area contributed by atoms with Crippen molar-refractivity contribution >= 4 is 39.3 Å². The summed E-state index contributed by atoms with van der Waals surface area (Å²) in [6.07, 6.45) is 1.66. The van der Waals surface area contributed by atoms with Gasteiger partial charge in [-0.15, -0.1) is 0 Å². The molecule has 1 N–H and O–H groups in total. The maximum absolute atomic E-state index is 13.0. The summed E-state index contributed by atoms with van der Waals surface area (Å²) < 4.78 is 54.2. The van der Waals surface area contributed by atoms with Gasteiger partial charge >= 0.3 is 10.2 Å². The Balaban J connectivity index is 1.47. The summed E-state index contributed by atoms with van der Waals surface area (Å²) in [5.74, 6) is -3.15. The molecule has 10 heteroatoms. The number of thioether (sulfide) groups is 1. The number of benzene rings is 2. The fraction of sp³-hybridized carbons (Fsp3) is 0.316. The van der Waals surface area contributed by atoms with Crippen LogP contribution in [0.4, 0.5) is 20.2 Å². The normalized spacial score (nSPS) is 17.5. The van der Waals surface area contributed by atoms with E-state index in [1.54, 1.807) is 36.4 Å². The van der Waals surface area contributed by atoms with Crippen LogP contribution in [0.15, 0.2) is 53.4 Å². The number of fused-ring (bicyclic) bond motifs is 1. The van der Waals surface area contributed by atoms with Crippen molar-refractivity contribution in [1.29, 1.82) is 0 Å². The molecule has 2 aromatic rings. The number of nitrogens with one attached hydrogen (secondary N) is 1. The molecular weight excluding hydrogens is 420 g/mol. The number of hydrogen-bond donors (Lipinski definition) is 1. The molecule has 29 heavy (non-hydrogen) atoms. The third-order valence-corrected chi connectivity index (χ3v) is 7.46. The summed E-state index contributed by atoms with van der Waals surface area (Å²) in [6.45, 7) is 0.108. The highest BCUT2D eigenvalue weighted by atomic mass is 32.2. The summed E-state index contributed by atoms with van der Waals surface area (Å²) in [5.41, 5.74) is 1.38. The molecule has 1 amide bonds. The molecule has 2 aromatic carbocycles. The predicted octanol–water partition coefficient (Wildman–Crippen LogP) is 3.46. The monoisotopic (exact) mass is 439 g/mol. The number of rotatable bonds is 7. The first kappa shape index (κ1) is 20.0. The van der Waals surface area contributed by atoms with E-state index in [-0.39, 0.29) is 29.6 Å². The Labute approximate surface area is 172 Å². The van der Waals surface area contributed by atoms with Gasteiger partial charge in [0, 0.05) is 17.5 Å². The van der Waals surface area contributed by atoms with Crippen LogP contribution in [0.2, 0.25) is 0 Å². The van der Waals surface area contributed by atoms with Crippen molar-refractivity contribution in [2.24, 2.45) is 0 Å². The largest absolute Gasteiger partial charge is 0.350 e. The number of anilines is 2. The number of halogens is 2. The lowest BCUT2D eigenvalue weighted by molar-refractivity contribution is 0.0952. The van der Waals surface area contributed by atoms with Crippen molar-refractivity contribution < 1.29 is 22.0 Å². The SMILES string of the molecule is O=C(NCCN1c2ccccc2N(C2CC2)S1(=O)=O)c1ccccc1SC(F)F. The van der Waals surface area contributed by atoms with Crippen LogP contribution >= 0.6 is 11.8 Å². The molecule has 2 aliphatic rings. The van der Waals surface area contributed by atoms with Crippen LogP contribution in [-0.2, 0) is 10.2 Å². The predicted molar refractivity (Wildman–Crippen MR) is 109 cm³/mol. The molecule has 1 saturated carbocycles. The lowest BCUT2D eigenvalue weighted by Crippen LogP contribution is -2.42. The molecular formula is C19H19F2N3O3S2. The smallest absolute Gasteiger partial charge is 0.326 e. The van der Waals surface area contributed by atoms with Gasteiger partial charge in [0.25, 0.3) is 11.7 Å². The Morgan fingerprint density at radius 3 is 2.45 bits per heavy atom. The highest BCUT2D eigenvalue weighted by Gasteiger charge is 2.47. The van der Waals surface area contributed by atoms with E-state index < -0.39 is 21.9 Å². The van der Waals surface area contributed by atoms with Crippen LogP contribution in [0, 0.1) is 0 Å². The Morgan fingerprint density at radius 2 is 1.76 bits per heavy atom. The Bertz CT molecular complexity index is 1030. The summed E-state index contributed by atoms with van der Waals surface area (Å²) in [4.78, 5) is 12.6. The first-order chi connectivity index (χ1) is 13.9. The van der Waals surface area contributed by atoms with E-state index in [2.05, 4.69) is 5.32 Å². The molecule has 6 nitrogen and oxygen atoms in total. The number of carbonyl (C=O) groups excluding carboxylic acids is 1. The zero-order valence-electron chi connectivity index (χ0n) is 15.3. The van der Waals surface area contributed by atoms with E-state index in [0.717, 1.165) is 12.8 Å². The number of hydrogen-bond acceptors (Lipinski definition) is 4. The van der Waals surface area contributed by atoms with E-state index in [0.29, 0.717) is 23.1 Å². The van der Waals surface area contributed by atoms with Crippen LogP contribution in [-0.4, -0.2) is 39.2 Å². The fourth-order valence-electron chi connectivity index (χ4n) is 3.37. The zero-order valence-corrected chi connectivity index (χ0v) is 16.9. The van der Waals surface area contributed by atoms with Crippen molar-refractivity contribution in [3.05, 3.63) is 54.1 Å². The van der Waals surface area contributed by atoms with Gasteiger partial charge in [-0.1, -0.05) is 36.0 Å². The van der Waals surface area contributed by atoms with Crippen molar-refractivity contribution in [1.82, 2.24) is 5.32 Å². The van der Waals surface area contributed by atoms with Gasteiger partial charge in [0.15, 0.2) is 0 Å². The number of nitrogens with zero attached hydrogens (tertiary/aromatic N) is 2. The first-order valence-electron chi connectivity index (χ1n) is 9.13. The van der Waals surface area contributed by atoms with Crippen LogP contribution in [0.25, 0.3) is 0 Å². The van der Waals surface area contributed by atoms with Crippen LogP contribution in [0.1, 0.15) is 23.2 Å². The summed E-state index contributed by atoms with van der Waals surface area (Å²) in [6, 6.07) is 13.2. The molecule has 1 heterocycles. The maximum atomic E-state index is 13.0. The van der Waals surface area contributed by atoms with Crippen LogP contribution < -0.4 is 13.9 Å². The minimum atomic E-state index is -3.70. The molecule has 154 valence electrons. The zero-order chi connectivity index (χ0) is 20.6.